The number of hydrogen-bond donors (Lipinski definition) is 1. The van der Waals surface area contributed by atoms with Gasteiger partial charge < -0.3 is 10.2 Å². The lowest BCUT2D eigenvalue weighted by atomic mass is 10.1. The van der Waals surface area contributed by atoms with Gasteiger partial charge in [0.15, 0.2) is 0 Å². The minimum Gasteiger partial charge on any atom is -0.354 e. The average Bonchev–Trinajstić information content (AvgIpc) is 2.76. The third-order valence-electron chi connectivity index (χ3n) is 5.24. The summed E-state index contributed by atoms with van der Waals surface area (Å²) < 4.78 is 26.2. The van der Waals surface area contributed by atoms with Crippen LogP contribution in [-0.2, 0) is 26.2 Å². The van der Waals surface area contributed by atoms with Gasteiger partial charge in [-0.1, -0.05) is 67.7 Å². The van der Waals surface area contributed by atoms with Crippen molar-refractivity contribution in [2.45, 2.75) is 39.8 Å². The number of nitrogens with zero attached hydrogens (tertiary/aromatic N) is 2. The van der Waals surface area contributed by atoms with Gasteiger partial charge in [0.25, 0.3) is 0 Å². The summed E-state index contributed by atoms with van der Waals surface area (Å²) in [6.07, 6.45) is 1.30. The predicted octanol–water partition coefficient (Wildman–Crippen LogP) is 4.99. The van der Waals surface area contributed by atoms with Gasteiger partial charge in [0.1, 0.15) is 12.6 Å². The number of carbonyl (C=O) groups excluding carboxylic acids is 2. The molecule has 2 aromatic carbocycles. The van der Waals surface area contributed by atoms with Gasteiger partial charge in [0, 0.05) is 33.7 Å². The van der Waals surface area contributed by atoms with E-state index in [1.165, 1.54) is 11.0 Å². The molecule has 0 bridgehead atoms. The lowest BCUT2D eigenvalue weighted by Gasteiger charge is -2.33. The van der Waals surface area contributed by atoms with E-state index in [9.17, 15) is 18.0 Å². The lowest BCUT2D eigenvalue weighted by Crippen LogP contribution is -2.52. The van der Waals surface area contributed by atoms with Crippen LogP contribution in [0.25, 0.3) is 0 Å². The number of benzene rings is 2. The minimum absolute atomic E-state index is 0.0713. The summed E-state index contributed by atoms with van der Waals surface area (Å²) in [7, 11) is -3.85. The first kappa shape index (κ1) is 29.2. The maximum Gasteiger partial charge on any atom is 0.244 e. The molecule has 2 amide bonds. The van der Waals surface area contributed by atoms with Crippen LogP contribution in [-0.4, -0.2) is 50.5 Å². The Kier molecular flexibility index (Phi) is 10.7. The molecule has 1 N–H and O–H groups in total. The molecule has 0 spiro atoms. The second-order valence-corrected chi connectivity index (χ2v) is 11.7. The van der Waals surface area contributed by atoms with Crippen LogP contribution in [0.15, 0.2) is 42.5 Å². The topological polar surface area (TPSA) is 86.8 Å². The van der Waals surface area contributed by atoms with Crippen molar-refractivity contribution in [1.82, 2.24) is 10.2 Å². The van der Waals surface area contributed by atoms with E-state index in [4.69, 9.17) is 34.8 Å². The monoisotopic (exact) mass is 561 g/mol. The van der Waals surface area contributed by atoms with Crippen molar-refractivity contribution in [3.63, 3.8) is 0 Å². The first-order valence-electron chi connectivity index (χ1n) is 11.1. The fraction of sp³-hybridized carbons (Fsp3) is 0.417. The van der Waals surface area contributed by atoms with Crippen LogP contribution in [0.3, 0.4) is 0 Å². The standard InChI is InChI=1S/C24H30Cl3N3O4S/c1-5-22(24(32)28-13-16(2)3)29(14-19-20(26)10-7-11-21(19)27)23(31)15-30(35(4,33)34)18-9-6-8-17(25)12-18/h6-12,16,22H,5,13-15H2,1-4H3,(H,28,32)/t22-/m0/s1. The van der Waals surface area contributed by atoms with Crippen LogP contribution in [0.4, 0.5) is 5.69 Å². The van der Waals surface area contributed by atoms with E-state index in [2.05, 4.69) is 5.32 Å². The largest absolute Gasteiger partial charge is 0.354 e. The highest BCUT2D eigenvalue weighted by atomic mass is 35.5. The molecule has 0 aliphatic rings. The van der Waals surface area contributed by atoms with Crippen molar-refractivity contribution in [2.75, 3.05) is 23.7 Å². The highest BCUT2D eigenvalue weighted by Crippen LogP contribution is 2.28. The van der Waals surface area contributed by atoms with Crippen molar-refractivity contribution < 1.29 is 18.0 Å². The molecule has 2 aromatic rings. The fourth-order valence-electron chi connectivity index (χ4n) is 3.44. The molecule has 0 saturated heterocycles. The number of nitrogens with one attached hydrogen (secondary N) is 1. The number of halogens is 3. The van der Waals surface area contributed by atoms with Crippen molar-refractivity contribution in [1.29, 1.82) is 0 Å². The van der Waals surface area contributed by atoms with Gasteiger partial charge in [-0.15, -0.1) is 0 Å². The van der Waals surface area contributed by atoms with Crippen LogP contribution >= 0.6 is 34.8 Å². The third kappa shape index (κ3) is 8.27. The molecule has 7 nitrogen and oxygen atoms in total. The Bertz CT molecular complexity index is 1140. The molecule has 11 heteroatoms. The zero-order chi connectivity index (χ0) is 26.3. The number of carbonyl (C=O) groups is 2. The molecule has 1 atom stereocenters. The second-order valence-electron chi connectivity index (χ2n) is 8.53. The fourth-order valence-corrected chi connectivity index (χ4v) is 4.98. The summed E-state index contributed by atoms with van der Waals surface area (Å²) >= 11 is 18.8. The molecule has 0 aromatic heterocycles. The molecule has 35 heavy (non-hydrogen) atoms. The molecule has 0 saturated carbocycles. The van der Waals surface area contributed by atoms with Gasteiger partial charge in [0.2, 0.25) is 21.8 Å². The Morgan fingerprint density at radius 3 is 2.14 bits per heavy atom. The van der Waals surface area contributed by atoms with Crippen LogP contribution < -0.4 is 9.62 Å². The smallest absolute Gasteiger partial charge is 0.244 e. The van der Waals surface area contributed by atoms with E-state index >= 15 is 0 Å². The molecular weight excluding hydrogens is 533 g/mol. The SMILES string of the molecule is CC[C@@H](C(=O)NCC(C)C)N(Cc1c(Cl)cccc1Cl)C(=O)CN(c1cccc(Cl)c1)S(C)(=O)=O. The van der Waals surface area contributed by atoms with Crippen molar-refractivity contribution in [2.24, 2.45) is 5.92 Å². The first-order chi connectivity index (χ1) is 16.3. The number of sulfonamides is 1. The molecular formula is C24H30Cl3N3O4S. The van der Waals surface area contributed by atoms with E-state index in [1.54, 1.807) is 43.3 Å². The number of hydrogen-bond acceptors (Lipinski definition) is 4. The average molecular weight is 563 g/mol. The Morgan fingerprint density at radius 2 is 1.63 bits per heavy atom. The highest BCUT2D eigenvalue weighted by molar-refractivity contribution is 7.92. The van der Waals surface area contributed by atoms with Crippen LogP contribution in [0.2, 0.25) is 15.1 Å². The molecule has 0 heterocycles. The summed E-state index contributed by atoms with van der Waals surface area (Å²) in [6.45, 7) is 5.53. The van der Waals surface area contributed by atoms with Crippen LogP contribution in [0.5, 0.6) is 0 Å². The summed E-state index contributed by atoms with van der Waals surface area (Å²) in [6, 6.07) is 10.3. The molecule has 0 radical (unpaired) electrons. The molecule has 0 aliphatic heterocycles. The number of amides is 2. The second kappa shape index (κ2) is 12.8. The van der Waals surface area contributed by atoms with Gasteiger partial charge in [-0.05, 0) is 42.7 Å². The van der Waals surface area contributed by atoms with Crippen molar-refractivity contribution in [3.8, 4) is 0 Å². The van der Waals surface area contributed by atoms with Crippen molar-refractivity contribution >= 4 is 62.3 Å². The predicted molar refractivity (Wildman–Crippen MR) is 143 cm³/mol. The Morgan fingerprint density at radius 1 is 1.03 bits per heavy atom. The zero-order valence-electron chi connectivity index (χ0n) is 20.1. The van der Waals surface area contributed by atoms with E-state index in [0.717, 1.165) is 10.6 Å². The van der Waals surface area contributed by atoms with Gasteiger partial charge in [-0.2, -0.15) is 0 Å². The minimum atomic E-state index is -3.85. The third-order valence-corrected chi connectivity index (χ3v) is 7.32. The Hall–Kier alpha value is -2.00. The highest BCUT2D eigenvalue weighted by Gasteiger charge is 2.32. The van der Waals surface area contributed by atoms with E-state index in [0.29, 0.717) is 33.6 Å². The zero-order valence-corrected chi connectivity index (χ0v) is 23.2. The van der Waals surface area contributed by atoms with Crippen LogP contribution in [0, 0.1) is 5.92 Å². The Balaban J connectivity index is 2.48. The summed E-state index contributed by atoms with van der Waals surface area (Å²) in [4.78, 5) is 28.0. The molecule has 2 rings (SSSR count). The normalized spacial score (nSPS) is 12.3. The summed E-state index contributed by atoms with van der Waals surface area (Å²) in [5, 5.41) is 3.85. The maximum absolute atomic E-state index is 13.6. The van der Waals surface area contributed by atoms with Gasteiger partial charge in [-0.3, -0.25) is 13.9 Å². The van der Waals surface area contributed by atoms with Crippen LogP contribution in [0.1, 0.15) is 32.8 Å². The number of rotatable bonds is 11. The van der Waals surface area contributed by atoms with Gasteiger partial charge >= 0.3 is 0 Å². The summed E-state index contributed by atoms with van der Waals surface area (Å²) in [5.74, 6) is -0.716. The molecule has 192 valence electrons. The van der Waals surface area contributed by atoms with E-state index in [1.807, 2.05) is 13.8 Å². The lowest BCUT2D eigenvalue weighted by molar-refractivity contribution is -0.140. The summed E-state index contributed by atoms with van der Waals surface area (Å²) in [5.41, 5.74) is 0.703. The van der Waals surface area contributed by atoms with Gasteiger partial charge in [0.05, 0.1) is 11.9 Å². The quantitative estimate of drug-likeness (QED) is 0.418. The van der Waals surface area contributed by atoms with E-state index in [-0.39, 0.29) is 24.1 Å². The molecule has 0 unspecified atom stereocenters. The van der Waals surface area contributed by atoms with Gasteiger partial charge in [-0.25, -0.2) is 8.42 Å². The van der Waals surface area contributed by atoms with E-state index < -0.39 is 28.5 Å². The number of anilines is 1. The first-order valence-corrected chi connectivity index (χ1v) is 14.1. The Labute approximate surface area is 222 Å². The molecule has 0 fully saturated rings. The molecule has 0 aliphatic carbocycles. The van der Waals surface area contributed by atoms with Crippen molar-refractivity contribution in [3.05, 3.63) is 63.1 Å². The maximum atomic E-state index is 13.6.